The third-order valence-electron chi connectivity index (χ3n) is 0.894. The molecule has 9 heavy (non-hydrogen) atoms. The van der Waals surface area contributed by atoms with Crippen LogP contribution in [0.15, 0.2) is 5.57 Å². The van der Waals surface area contributed by atoms with Crippen LogP contribution in [0.4, 0.5) is 0 Å². The minimum absolute atomic E-state index is 0.00231. The maximum absolute atomic E-state index is 9.97. The summed E-state index contributed by atoms with van der Waals surface area (Å²) < 4.78 is 0. The highest BCUT2D eigenvalue weighted by Gasteiger charge is 2.13. The van der Waals surface area contributed by atoms with E-state index in [1.165, 1.54) is 12.9 Å². The molecule has 0 spiro atoms. The van der Waals surface area contributed by atoms with Crippen molar-refractivity contribution in [1.82, 2.24) is 0 Å². The third kappa shape index (κ3) is 2.08. The minimum Gasteiger partial charge on any atom is -0.480 e. The Morgan fingerprint density at radius 1 is 1.78 bits per heavy atom. The maximum Gasteiger partial charge on any atom is 0.325 e. The highest BCUT2D eigenvalue weighted by atomic mass is 16.4. The van der Waals surface area contributed by atoms with Gasteiger partial charge in [-0.05, 0) is 6.92 Å². The first-order chi connectivity index (χ1) is 4.09. The second-order valence-electron chi connectivity index (χ2n) is 1.60. The fourth-order valence-corrected chi connectivity index (χ4v) is 0.249. The number of carboxylic acid groups (broad SMARTS) is 1. The average molecular weight is 129 g/mol. The van der Waals surface area contributed by atoms with Gasteiger partial charge in [0.25, 0.3) is 0 Å². The lowest BCUT2D eigenvalue weighted by molar-refractivity contribution is -0.137. The topological polar surface area (TPSA) is 80.4 Å². The van der Waals surface area contributed by atoms with E-state index in [4.69, 9.17) is 10.8 Å². The molecule has 0 rings (SSSR count). The molecule has 0 amide bonds. The summed E-state index contributed by atoms with van der Waals surface area (Å²) in [6, 6.07) is -1.21. The molecule has 1 unspecified atom stereocenters. The zero-order chi connectivity index (χ0) is 7.44. The Bertz CT molecular complexity index is 169. The number of rotatable bonds is 2. The molecule has 4 nitrogen and oxygen atoms in total. The van der Waals surface area contributed by atoms with E-state index in [-0.39, 0.29) is 5.57 Å². The van der Waals surface area contributed by atoms with E-state index in [2.05, 4.69) is 0 Å². The summed E-state index contributed by atoms with van der Waals surface area (Å²) in [6.45, 7) is 1.33. The molecule has 0 aromatic heterocycles. The van der Waals surface area contributed by atoms with Gasteiger partial charge in [0, 0.05) is 5.57 Å². The fraction of sp³-hybridized carbons (Fsp3) is 0.400. The van der Waals surface area contributed by atoms with Crippen molar-refractivity contribution < 1.29 is 14.7 Å². The lowest BCUT2D eigenvalue weighted by atomic mass is 10.2. The fourth-order valence-electron chi connectivity index (χ4n) is 0.249. The van der Waals surface area contributed by atoms with Crippen LogP contribution in [0.2, 0.25) is 0 Å². The van der Waals surface area contributed by atoms with Gasteiger partial charge < -0.3 is 10.8 Å². The quantitative estimate of drug-likeness (QED) is 0.477. The Kier molecular flexibility index (Phi) is 2.64. The zero-order valence-corrected chi connectivity index (χ0v) is 4.92. The lowest BCUT2D eigenvalue weighted by Gasteiger charge is -1.99. The van der Waals surface area contributed by atoms with Crippen molar-refractivity contribution in [3.63, 3.8) is 0 Å². The monoisotopic (exact) mass is 129 g/mol. The van der Waals surface area contributed by atoms with Crippen molar-refractivity contribution in [1.29, 1.82) is 0 Å². The zero-order valence-electron chi connectivity index (χ0n) is 4.92. The van der Waals surface area contributed by atoms with Crippen molar-refractivity contribution in [3.8, 4) is 0 Å². The normalized spacial score (nSPS) is 11.8. The number of aliphatic carboxylic acids is 1. The molecule has 0 aliphatic carbocycles. The second kappa shape index (κ2) is 3.02. The molecule has 0 radical (unpaired) electrons. The molecule has 0 aromatic rings. The van der Waals surface area contributed by atoms with Crippen molar-refractivity contribution >= 4 is 11.9 Å². The number of carbonyl (C=O) groups is 1. The van der Waals surface area contributed by atoms with Gasteiger partial charge in [0.15, 0.2) is 0 Å². The highest BCUT2D eigenvalue weighted by Crippen LogP contribution is 1.91. The van der Waals surface area contributed by atoms with Crippen LogP contribution in [0.5, 0.6) is 0 Å². The van der Waals surface area contributed by atoms with Crippen molar-refractivity contribution in [3.05, 3.63) is 5.57 Å². The van der Waals surface area contributed by atoms with E-state index in [0.717, 1.165) is 0 Å². The summed E-state index contributed by atoms with van der Waals surface area (Å²) in [5, 5.41) is 8.16. The summed E-state index contributed by atoms with van der Waals surface area (Å²) >= 11 is 0. The molecule has 0 bridgehead atoms. The molecular formula is C5H7NO3. The van der Waals surface area contributed by atoms with E-state index in [1.807, 2.05) is 0 Å². The van der Waals surface area contributed by atoms with Crippen LogP contribution in [0.3, 0.4) is 0 Å². The second-order valence-corrected chi connectivity index (χ2v) is 1.60. The van der Waals surface area contributed by atoms with Gasteiger partial charge in [-0.15, -0.1) is 0 Å². The van der Waals surface area contributed by atoms with E-state index in [0.29, 0.717) is 0 Å². The van der Waals surface area contributed by atoms with Gasteiger partial charge in [-0.1, -0.05) is 0 Å². The molecular weight excluding hydrogens is 122 g/mol. The van der Waals surface area contributed by atoms with Crippen molar-refractivity contribution in [2.45, 2.75) is 13.0 Å². The SMILES string of the molecule is CC(=C=O)C(N)C(=O)O. The smallest absolute Gasteiger partial charge is 0.325 e. The first kappa shape index (κ1) is 7.88. The van der Waals surface area contributed by atoms with E-state index >= 15 is 0 Å². The van der Waals surface area contributed by atoms with Crippen LogP contribution in [0.25, 0.3) is 0 Å². The Hall–Kier alpha value is -1.12. The van der Waals surface area contributed by atoms with Gasteiger partial charge in [-0.3, -0.25) is 4.79 Å². The van der Waals surface area contributed by atoms with E-state index in [1.54, 1.807) is 0 Å². The summed E-state index contributed by atoms with van der Waals surface area (Å²) in [7, 11) is 0. The standard InChI is InChI=1S/C5H7NO3/c1-3(2-7)4(6)5(8)9/h4H,6H2,1H3,(H,8,9). The van der Waals surface area contributed by atoms with Crippen LogP contribution in [-0.2, 0) is 9.59 Å². The van der Waals surface area contributed by atoms with Gasteiger partial charge in [-0.2, -0.15) is 0 Å². The number of carboxylic acids is 1. The van der Waals surface area contributed by atoms with E-state index in [9.17, 15) is 9.59 Å². The van der Waals surface area contributed by atoms with Gasteiger partial charge in [-0.25, -0.2) is 4.79 Å². The highest BCUT2D eigenvalue weighted by molar-refractivity contribution is 5.80. The van der Waals surface area contributed by atoms with Crippen LogP contribution in [0, 0.1) is 0 Å². The van der Waals surface area contributed by atoms with Crippen LogP contribution >= 0.6 is 0 Å². The van der Waals surface area contributed by atoms with Gasteiger partial charge >= 0.3 is 5.97 Å². The number of hydrogen-bond acceptors (Lipinski definition) is 3. The summed E-state index contributed by atoms with van der Waals surface area (Å²) in [6.07, 6.45) is 0. The van der Waals surface area contributed by atoms with Gasteiger partial charge in [0.1, 0.15) is 12.0 Å². The molecule has 0 aliphatic heterocycles. The maximum atomic E-state index is 9.97. The third-order valence-corrected chi connectivity index (χ3v) is 0.894. The number of hydrogen-bond donors (Lipinski definition) is 2. The summed E-state index contributed by atoms with van der Waals surface area (Å²) in [5.74, 6) is 0.195. The lowest BCUT2D eigenvalue weighted by Crippen LogP contribution is -2.31. The Labute approximate surface area is 52.0 Å². The predicted molar refractivity (Wildman–Crippen MR) is 30.5 cm³/mol. The first-order valence-corrected chi connectivity index (χ1v) is 2.29. The van der Waals surface area contributed by atoms with Crippen molar-refractivity contribution in [2.24, 2.45) is 5.73 Å². The minimum atomic E-state index is -1.21. The van der Waals surface area contributed by atoms with Gasteiger partial charge in [0.2, 0.25) is 0 Å². The Morgan fingerprint density at radius 3 is 2.33 bits per heavy atom. The van der Waals surface area contributed by atoms with Crippen LogP contribution in [-0.4, -0.2) is 23.1 Å². The molecule has 0 fully saturated rings. The number of carbonyl (C=O) groups excluding carboxylic acids is 1. The molecule has 0 aromatic carbocycles. The van der Waals surface area contributed by atoms with Crippen LogP contribution in [0.1, 0.15) is 6.92 Å². The molecule has 3 N–H and O–H groups in total. The van der Waals surface area contributed by atoms with Crippen molar-refractivity contribution in [2.75, 3.05) is 0 Å². The summed E-state index contributed by atoms with van der Waals surface area (Å²) in [5.41, 5.74) is 4.97. The predicted octanol–water partition coefficient (Wildman–Crippen LogP) is -0.824. The molecule has 1 atom stereocenters. The van der Waals surface area contributed by atoms with E-state index < -0.39 is 12.0 Å². The number of nitrogens with two attached hydrogens (primary N) is 1. The summed E-state index contributed by atoms with van der Waals surface area (Å²) in [4.78, 5) is 19.7. The first-order valence-electron chi connectivity index (χ1n) is 2.29. The van der Waals surface area contributed by atoms with Gasteiger partial charge in [0.05, 0.1) is 0 Å². The molecule has 0 heterocycles. The largest absolute Gasteiger partial charge is 0.480 e. The molecule has 0 saturated carbocycles. The molecule has 0 saturated heterocycles. The Morgan fingerprint density at radius 2 is 2.22 bits per heavy atom. The molecule has 50 valence electrons. The Balaban J connectivity index is 4.21. The van der Waals surface area contributed by atoms with Crippen LogP contribution < -0.4 is 5.73 Å². The average Bonchev–Trinajstić information content (AvgIpc) is 1.84. The molecule has 0 aliphatic rings. The molecule has 4 heteroatoms.